The van der Waals surface area contributed by atoms with Gasteiger partial charge >= 0.3 is 0 Å². The molecule has 1 fully saturated rings. The molecule has 122 valence electrons. The lowest BCUT2D eigenvalue weighted by atomic mass is 10.1. The number of thioether (sulfide) groups is 1. The van der Waals surface area contributed by atoms with Gasteiger partial charge in [0.25, 0.3) is 0 Å². The quantitative estimate of drug-likeness (QED) is 0.817. The fourth-order valence-electron chi connectivity index (χ4n) is 2.84. The number of likely N-dealkylation sites (tertiary alicyclic amines) is 1. The molecule has 1 saturated heterocycles. The first-order chi connectivity index (χ1) is 11.2. The molecule has 0 unspecified atom stereocenters. The predicted octanol–water partition coefficient (Wildman–Crippen LogP) is 2.94. The van der Waals surface area contributed by atoms with Gasteiger partial charge in [-0.2, -0.15) is 0 Å². The van der Waals surface area contributed by atoms with E-state index in [-0.39, 0.29) is 5.91 Å². The lowest BCUT2D eigenvalue weighted by Crippen LogP contribution is -2.30. The number of benzene rings is 1. The zero-order valence-corrected chi connectivity index (χ0v) is 14.6. The number of para-hydroxylation sites is 1. The number of nitrogens with one attached hydrogen (secondary N) is 2. The van der Waals surface area contributed by atoms with Crippen LogP contribution < -0.4 is 5.32 Å². The van der Waals surface area contributed by atoms with E-state index in [0.29, 0.717) is 12.3 Å². The summed E-state index contributed by atoms with van der Waals surface area (Å²) in [5, 5.41) is 4.21. The number of H-pyrrole nitrogens is 1. The second kappa shape index (κ2) is 7.84. The van der Waals surface area contributed by atoms with Crippen LogP contribution in [0, 0.1) is 0 Å². The minimum Gasteiger partial charge on any atom is -0.361 e. The SMILES string of the molecule is O=C(CSC(=S)N1CCCC1)NCCc1c[nH]c2ccccc12. The van der Waals surface area contributed by atoms with Gasteiger partial charge in [-0.1, -0.05) is 42.2 Å². The van der Waals surface area contributed by atoms with E-state index >= 15 is 0 Å². The van der Waals surface area contributed by atoms with Gasteiger partial charge in [0, 0.05) is 36.7 Å². The van der Waals surface area contributed by atoms with Gasteiger partial charge in [-0.05, 0) is 30.9 Å². The summed E-state index contributed by atoms with van der Waals surface area (Å²) in [4.78, 5) is 17.4. The molecule has 23 heavy (non-hydrogen) atoms. The van der Waals surface area contributed by atoms with E-state index in [9.17, 15) is 4.79 Å². The molecular formula is C17H21N3OS2. The number of carbonyl (C=O) groups is 1. The van der Waals surface area contributed by atoms with Crippen molar-refractivity contribution in [1.82, 2.24) is 15.2 Å². The minimum absolute atomic E-state index is 0.0522. The van der Waals surface area contributed by atoms with Crippen LogP contribution in [-0.4, -0.2) is 45.5 Å². The van der Waals surface area contributed by atoms with Crippen LogP contribution in [-0.2, 0) is 11.2 Å². The largest absolute Gasteiger partial charge is 0.361 e. The van der Waals surface area contributed by atoms with Crippen LogP contribution in [0.1, 0.15) is 18.4 Å². The van der Waals surface area contributed by atoms with Gasteiger partial charge < -0.3 is 15.2 Å². The summed E-state index contributed by atoms with van der Waals surface area (Å²) in [6.45, 7) is 2.72. The van der Waals surface area contributed by atoms with E-state index in [4.69, 9.17) is 12.2 Å². The first-order valence-corrected chi connectivity index (χ1v) is 9.37. The fourth-order valence-corrected chi connectivity index (χ4v) is 3.93. The van der Waals surface area contributed by atoms with Gasteiger partial charge in [-0.3, -0.25) is 4.79 Å². The van der Waals surface area contributed by atoms with Crippen LogP contribution in [0.5, 0.6) is 0 Å². The van der Waals surface area contributed by atoms with Crippen LogP contribution in [0.25, 0.3) is 10.9 Å². The van der Waals surface area contributed by atoms with Gasteiger partial charge in [0.2, 0.25) is 5.91 Å². The normalized spacial score (nSPS) is 14.3. The maximum absolute atomic E-state index is 11.9. The smallest absolute Gasteiger partial charge is 0.230 e. The molecule has 1 aliphatic heterocycles. The Hall–Kier alpha value is -1.53. The predicted molar refractivity (Wildman–Crippen MR) is 101 cm³/mol. The number of hydrogen-bond donors (Lipinski definition) is 2. The van der Waals surface area contributed by atoms with Gasteiger partial charge in [-0.15, -0.1) is 0 Å². The molecule has 0 bridgehead atoms. The Labute approximate surface area is 146 Å². The molecule has 2 N–H and O–H groups in total. The van der Waals surface area contributed by atoms with E-state index in [0.717, 1.165) is 29.3 Å². The summed E-state index contributed by atoms with van der Waals surface area (Å²) >= 11 is 6.84. The number of aromatic amines is 1. The van der Waals surface area contributed by atoms with E-state index in [1.54, 1.807) is 0 Å². The number of thiocarbonyl (C=S) groups is 1. The summed E-state index contributed by atoms with van der Waals surface area (Å²) in [6, 6.07) is 8.22. The number of fused-ring (bicyclic) bond motifs is 1. The highest BCUT2D eigenvalue weighted by molar-refractivity contribution is 8.23. The third kappa shape index (κ3) is 4.26. The van der Waals surface area contributed by atoms with Crippen molar-refractivity contribution in [3.8, 4) is 0 Å². The third-order valence-electron chi connectivity index (χ3n) is 4.08. The Morgan fingerprint density at radius 1 is 1.30 bits per heavy atom. The summed E-state index contributed by atoms with van der Waals surface area (Å²) in [5.74, 6) is 0.458. The average Bonchev–Trinajstić information content (AvgIpc) is 3.23. The Bertz CT molecular complexity index is 692. The van der Waals surface area contributed by atoms with Crippen LogP contribution >= 0.6 is 24.0 Å². The molecule has 3 rings (SSSR count). The maximum Gasteiger partial charge on any atom is 0.230 e. The molecule has 0 atom stereocenters. The number of nitrogens with zero attached hydrogens (tertiary/aromatic N) is 1. The van der Waals surface area contributed by atoms with E-state index in [2.05, 4.69) is 27.3 Å². The van der Waals surface area contributed by atoms with E-state index in [1.807, 2.05) is 18.3 Å². The molecular weight excluding hydrogens is 326 g/mol. The number of hydrogen-bond acceptors (Lipinski definition) is 3. The molecule has 1 aliphatic rings. The summed E-state index contributed by atoms with van der Waals surface area (Å²) < 4.78 is 0.856. The highest BCUT2D eigenvalue weighted by Crippen LogP contribution is 2.18. The first kappa shape index (κ1) is 16.3. The zero-order chi connectivity index (χ0) is 16.1. The first-order valence-electron chi connectivity index (χ1n) is 7.97. The minimum atomic E-state index is 0.0522. The molecule has 2 aromatic rings. The number of rotatable bonds is 5. The topological polar surface area (TPSA) is 48.1 Å². The van der Waals surface area contributed by atoms with Crippen molar-refractivity contribution in [1.29, 1.82) is 0 Å². The van der Waals surface area contributed by atoms with Crippen molar-refractivity contribution in [2.75, 3.05) is 25.4 Å². The molecule has 0 radical (unpaired) electrons. The van der Waals surface area contributed by atoms with Gasteiger partial charge in [0.1, 0.15) is 4.32 Å². The molecule has 0 spiro atoms. The number of amides is 1. The van der Waals surface area contributed by atoms with Crippen molar-refractivity contribution in [3.63, 3.8) is 0 Å². The van der Waals surface area contributed by atoms with Crippen molar-refractivity contribution in [3.05, 3.63) is 36.0 Å². The lowest BCUT2D eigenvalue weighted by molar-refractivity contribution is -0.118. The van der Waals surface area contributed by atoms with Gasteiger partial charge in [0.15, 0.2) is 0 Å². The second-order valence-electron chi connectivity index (χ2n) is 5.71. The molecule has 1 aromatic heterocycles. The molecule has 2 heterocycles. The van der Waals surface area contributed by atoms with Crippen molar-refractivity contribution in [2.45, 2.75) is 19.3 Å². The van der Waals surface area contributed by atoms with Crippen LogP contribution in [0.3, 0.4) is 0 Å². The van der Waals surface area contributed by atoms with Gasteiger partial charge in [-0.25, -0.2) is 0 Å². The molecule has 0 saturated carbocycles. The highest BCUT2D eigenvalue weighted by Gasteiger charge is 2.16. The van der Waals surface area contributed by atoms with Crippen molar-refractivity contribution < 1.29 is 4.79 Å². The standard InChI is InChI=1S/C17H21N3OS2/c21-16(12-23-17(22)20-9-3-4-10-20)18-8-7-13-11-19-15-6-2-1-5-14(13)15/h1-2,5-6,11,19H,3-4,7-10,12H2,(H,18,21). The zero-order valence-electron chi connectivity index (χ0n) is 13.0. The summed E-state index contributed by atoms with van der Waals surface area (Å²) in [5.41, 5.74) is 2.38. The fraction of sp³-hybridized carbons (Fsp3) is 0.412. The van der Waals surface area contributed by atoms with Crippen LogP contribution in [0.4, 0.5) is 0 Å². The molecule has 1 amide bonds. The Morgan fingerprint density at radius 3 is 2.91 bits per heavy atom. The van der Waals surface area contributed by atoms with Crippen LogP contribution in [0.15, 0.2) is 30.5 Å². The average molecular weight is 348 g/mol. The second-order valence-corrected chi connectivity index (χ2v) is 7.32. The third-order valence-corrected chi connectivity index (χ3v) is 5.61. The lowest BCUT2D eigenvalue weighted by Gasteiger charge is -2.17. The van der Waals surface area contributed by atoms with Crippen molar-refractivity contribution in [2.24, 2.45) is 0 Å². The Morgan fingerprint density at radius 2 is 2.09 bits per heavy atom. The van der Waals surface area contributed by atoms with Crippen molar-refractivity contribution >= 4 is 45.1 Å². The monoisotopic (exact) mass is 347 g/mol. The summed E-state index contributed by atoms with van der Waals surface area (Å²) in [7, 11) is 0. The van der Waals surface area contributed by atoms with Crippen LogP contribution in [0.2, 0.25) is 0 Å². The number of aromatic nitrogens is 1. The maximum atomic E-state index is 11.9. The Kier molecular flexibility index (Phi) is 5.56. The number of carbonyl (C=O) groups excluding carboxylic acids is 1. The molecule has 4 nitrogen and oxygen atoms in total. The Balaban J connectivity index is 1.40. The summed E-state index contributed by atoms with van der Waals surface area (Å²) in [6.07, 6.45) is 5.26. The highest BCUT2D eigenvalue weighted by atomic mass is 32.2. The molecule has 6 heteroatoms. The molecule has 0 aliphatic carbocycles. The van der Waals surface area contributed by atoms with Gasteiger partial charge in [0.05, 0.1) is 5.75 Å². The van der Waals surface area contributed by atoms with E-state index < -0.39 is 0 Å². The van der Waals surface area contributed by atoms with E-state index in [1.165, 1.54) is 35.6 Å². The molecule has 1 aromatic carbocycles.